The summed E-state index contributed by atoms with van der Waals surface area (Å²) in [7, 11) is 0. The second kappa shape index (κ2) is 8.11. The lowest BCUT2D eigenvalue weighted by Gasteiger charge is -2.11. The zero-order chi connectivity index (χ0) is 18.4. The molecule has 0 fully saturated rings. The summed E-state index contributed by atoms with van der Waals surface area (Å²) >= 11 is 0. The third kappa shape index (κ3) is 4.36. The summed E-state index contributed by atoms with van der Waals surface area (Å²) < 4.78 is 23.5. The van der Waals surface area contributed by atoms with Crippen LogP contribution in [0.15, 0.2) is 71.3 Å². The number of ether oxygens (including phenoxy) is 1. The molecule has 0 radical (unpaired) electrons. The lowest BCUT2D eigenvalue weighted by atomic mass is 10.1. The Hall–Kier alpha value is -3.41. The summed E-state index contributed by atoms with van der Waals surface area (Å²) in [5, 5.41) is 3.09. The molecule has 0 aliphatic rings. The minimum Gasteiger partial charge on any atom is -0.467 e. The molecule has 6 heteroatoms. The molecule has 0 bridgehead atoms. The lowest BCUT2D eigenvalue weighted by Crippen LogP contribution is -2.16. The smallest absolute Gasteiger partial charge is 0.340 e. The maximum atomic E-state index is 13.2. The number of benzene rings is 2. The van der Waals surface area contributed by atoms with Crippen molar-refractivity contribution < 1.29 is 23.1 Å². The van der Waals surface area contributed by atoms with Crippen molar-refractivity contribution in [3.8, 4) is 0 Å². The standard InChI is InChI=1S/C20H16FNO4/c21-15-6-3-5-14(11-15)19(23)13-26-20(24)17-8-1-2-9-18(17)22-12-16-7-4-10-25-16/h1-11,22H,12-13H2. The summed E-state index contributed by atoms with van der Waals surface area (Å²) in [5.74, 6) is -0.916. The molecule has 0 unspecified atom stereocenters. The number of para-hydroxylation sites is 1. The molecule has 1 N–H and O–H groups in total. The molecule has 2 aromatic carbocycles. The van der Waals surface area contributed by atoms with Gasteiger partial charge in [-0.05, 0) is 36.4 Å². The van der Waals surface area contributed by atoms with Gasteiger partial charge in [-0.3, -0.25) is 4.79 Å². The van der Waals surface area contributed by atoms with Crippen LogP contribution in [0.3, 0.4) is 0 Å². The van der Waals surface area contributed by atoms with Crippen LogP contribution in [0.5, 0.6) is 0 Å². The van der Waals surface area contributed by atoms with Crippen LogP contribution in [0.25, 0.3) is 0 Å². The van der Waals surface area contributed by atoms with Gasteiger partial charge in [0.25, 0.3) is 0 Å². The highest BCUT2D eigenvalue weighted by atomic mass is 19.1. The third-order valence-corrected chi connectivity index (χ3v) is 3.66. The van der Waals surface area contributed by atoms with Crippen LogP contribution in [-0.4, -0.2) is 18.4 Å². The monoisotopic (exact) mass is 353 g/mol. The van der Waals surface area contributed by atoms with Gasteiger partial charge in [0.2, 0.25) is 0 Å². The van der Waals surface area contributed by atoms with Crippen molar-refractivity contribution in [2.75, 3.05) is 11.9 Å². The van der Waals surface area contributed by atoms with Crippen LogP contribution in [0.1, 0.15) is 26.5 Å². The van der Waals surface area contributed by atoms with Crippen LogP contribution in [0, 0.1) is 5.82 Å². The highest BCUT2D eigenvalue weighted by Crippen LogP contribution is 2.18. The fraction of sp³-hybridized carbons (Fsp3) is 0.100. The molecular weight excluding hydrogens is 337 g/mol. The molecule has 1 aromatic heterocycles. The highest BCUT2D eigenvalue weighted by molar-refractivity contribution is 6.00. The predicted octanol–water partition coefficient (Wildman–Crippen LogP) is 4.07. The molecule has 5 nitrogen and oxygen atoms in total. The quantitative estimate of drug-likeness (QED) is 0.512. The summed E-state index contributed by atoms with van der Waals surface area (Å²) in [5.41, 5.74) is 1.01. The molecular formula is C20H16FNO4. The number of ketones is 1. The second-order valence-electron chi connectivity index (χ2n) is 5.49. The van der Waals surface area contributed by atoms with E-state index in [0.29, 0.717) is 17.8 Å². The van der Waals surface area contributed by atoms with E-state index in [1.165, 1.54) is 18.2 Å². The van der Waals surface area contributed by atoms with Gasteiger partial charge in [-0.25, -0.2) is 9.18 Å². The minimum atomic E-state index is -0.641. The van der Waals surface area contributed by atoms with Crippen molar-refractivity contribution in [1.82, 2.24) is 0 Å². The molecule has 132 valence electrons. The van der Waals surface area contributed by atoms with E-state index < -0.39 is 24.2 Å². The van der Waals surface area contributed by atoms with Crippen LogP contribution in [0.4, 0.5) is 10.1 Å². The average molecular weight is 353 g/mol. The highest BCUT2D eigenvalue weighted by Gasteiger charge is 2.15. The van der Waals surface area contributed by atoms with Crippen molar-refractivity contribution in [3.63, 3.8) is 0 Å². The van der Waals surface area contributed by atoms with E-state index in [0.717, 1.165) is 11.8 Å². The van der Waals surface area contributed by atoms with Crippen LogP contribution >= 0.6 is 0 Å². The Bertz CT molecular complexity index is 906. The van der Waals surface area contributed by atoms with E-state index in [-0.39, 0.29) is 5.56 Å². The first-order valence-corrected chi connectivity index (χ1v) is 7.94. The van der Waals surface area contributed by atoms with Crippen molar-refractivity contribution in [1.29, 1.82) is 0 Å². The van der Waals surface area contributed by atoms with Gasteiger partial charge in [-0.2, -0.15) is 0 Å². The molecule has 0 atom stereocenters. The maximum absolute atomic E-state index is 13.2. The van der Waals surface area contributed by atoms with Gasteiger partial charge in [0.15, 0.2) is 12.4 Å². The number of carbonyl (C=O) groups is 2. The fourth-order valence-electron chi connectivity index (χ4n) is 2.36. The summed E-state index contributed by atoms with van der Waals surface area (Å²) in [6.45, 7) is -0.0612. The van der Waals surface area contributed by atoms with Gasteiger partial charge < -0.3 is 14.5 Å². The normalized spacial score (nSPS) is 10.3. The zero-order valence-corrected chi connectivity index (χ0v) is 13.8. The number of halogens is 1. The Morgan fingerprint density at radius 3 is 2.65 bits per heavy atom. The largest absolute Gasteiger partial charge is 0.467 e. The number of hydrogen-bond acceptors (Lipinski definition) is 5. The van der Waals surface area contributed by atoms with Gasteiger partial charge in [0.05, 0.1) is 18.4 Å². The third-order valence-electron chi connectivity index (χ3n) is 3.66. The predicted molar refractivity (Wildman–Crippen MR) is 93.5 cm³/mol. The number of Topliss-reactive ketones (excluding diaryl/α,β-unsaturated/α-hetero) is 1. The average Bonchev–Trinajstić information content (AvgIpc) is 3.18. The Morgan fingerprint density at radius 1 is 1.04 bits per heavy atom. The first-order valence-electron chi connectivity index (χ1n) is 7.94. The van der Waals surface area contributed by atoms with Crippen molar-refractivity contribution >= 4 is 17.4 Å². The fourth-order valence-corrected chi connectivity index (χ4v) is 2.36. The topological polar surface area (TPSA) is 68.5 Å². The lowest BCUT2D eigenvalue weighted by molar-refractivity contribution is 0.0475. The van der Waals surface area contributed by atoms with Crippen molar-refractivity contribution in [3.05, 3.63) is 89.6 Å². The number of esters is 1. The summed E-state index contributed by atoms with van der Waals surface area (Å²) in [6.07, 6.45) is 1.56. The molecule has 0 amide bonds. The maximum Gasteiger partial charge on any atom is 0.340 e. The van der Waals surface area contributed by atoms with Gasteiger partial charge in [0.1, 0.15) is 11.6 Å². The Balaban J connectivity index is 1.63. The Kier molecular flexibility index (Phi) is 5.43. The van der Waals surface area contributed by atoms with Gasteiger partial charge in [0, 0.05) is 11.3 Å². The number of rotatable bonds is 7. The van der Waals surface area contributed by atoms with E-state index in [9.17, 15) is 14.0 Å². The molecule has 3 aromatic rings. The number of anilines is 1. The number of hydrogen-bond donors (Lipinski definition) is 1. The number of nitrogens with one attached hydrogen (secondary N) is 1. The number of furan rings is 1. The Labute approximate surface area is 149 Å². The van der Waals surface area contributed by atoms with Crippen LogP contribution in [0.2, 0.25) is 0 Å². The Morgan fingerprint density at radius 2 is 1.88 bits per heavy atom. The SMILES string of the molecule is O=C(COC(=O)c1ccccc1NCc1ccco1)c1cccc(F)c1. The molecule has 1 heterocycles. The first kappa shape index (κ1) is 17.4. The molecule has 0 aliphatic carbocycles. The van der Waals surface area contributed by atoms with Crippen molar-refractivity contribution in [2.45, 2.75) is 6.54 Å². The first-order chi connectivity index (χ1) is 12.6. The van der Waals surface area contributed by atoms with Crippen LogP contribution in [-0.2, 0) is 11.3 Å². The number of carbonyl (C=O) groups excluding carboxylic acids is 2. The van der Waals surface area contributed by atoms with E-state index in [4.69, 9.17) is 9.15 Å². The van der Waals surface area contributed by atoms with E-state index in [1.807, 2.05) is 6.07 Å². The van der Waals surface area contributed by atoms with E-state index >= 15 is 0 Å². The van der Waals surface area contributed by atoms with Gasteiger partial charge in [-0.15, -0.1) is 0 Å². The summed E-state index contributed by atoms with van der Waals surface area (Å²) in [4.78, 5) is 24.3. The van der Waals surface area contributed by atoms with E-state index in [1.54, 1.807) is 36.6 Å². The summed E-state index contributed by atoms with van der Waals surface area (Å²) in [6, 6.07) is 15.6. The van der Waals surface area contributed by atoms with Crippen molar-refractivity contribution in [2.24, 2.45) is 0 Å². The zero-order valence-electron chi connectivity index (χ0n) is 13.8. The van der Waals surface area contributed by atoms with Gasteiger partial charge >= 0.3 is 5.97 Å². The molecule has 0 aliphatic heterocycles. The van der Waals surface area contributed by atoms with Crippen LogP contribution < -0.4 is 5.32 Å². The molecule has 3 rings (SSSR count). The minimum absolute atomic E-state index is 0.155. The molecule has 0 saturated carbocycles. The molecule has 26 heavy (non-hydrogen) atoms. The van der Waals surface area contributed by atoms with E-state index in [2.05, 4.69) is 5.32 Å². The molecule has 0 spiro atoms. The second-order valence-corrected chi connectivity index (χ2v) is 5.49. The van der Waals surface area contributed by atoms with Gasteiger partial charge in [-0.1, -0.05) is 24.3 Å². The molecule has 0 saturated heterocycles.